The summed E-state index contributed by atoms with van der Waals surface area (Å²) in [6.45, 7) is 0.892. The highest BCUT2D eigenvalue weighted by Crippen LogP contribution is 2.23. The Morgan fingerprint density at radius 3 is 2.62 bits per heavy atom. The van der Waals surface area contributed by atoms with Gasteiger partial charge in [-0.05, 0) is 25.7 Å². The van der Waals surface area contributed by atoms with Crippen LogP contribution in [0, 0.1) is 5.92 Å². The Balaban J connectivity index is 2.14. The minimum absolute atomic E-state index is 0.0435. The summed E-state index contributed by atoms with van der Waals surface area (Å²) in [4.78, 5) is 11.0. The van der Waals surface area contributed by atoms with Gasteiger partial charge in [0.1, 0.15) is 0 Å². The van der Waals surface area contributed by atoms with Gasteiger partial charge in [0, 0.05) is 25.6 Å². The largest absolute Gasteiger partial charge is 0.389 e. The number of hydrogen-bond acceptors (Lipinski definition) is 4. The smallest absolute Gasteiger partial charge is 0.220 e. The minimum atomic E-state index is -0.459. The van der Waals surface area contributed by atoms with E-state index < -0.39 is 6.10 Å². The molecule has 0 saturated heterocycles. The van der Waals surface area contributed by atoms with Gasteiger partial charge in [-0.2, -0.15) is 0 Å². The second kappa shape index (κ2) is 6.83. The third-order valence-electron chi connectivity index (χ3n) is 3.13. The maximum absolute atomic E-state index is 11.0. The van der Waals surface area contributed by atoms with E-state index in [1.165, 1.54) is 0 Å². The number of aliphatic hydroxyl groups is 1. The van der Waals surface area contributed by atoms with Crippen molar-refractivity contribution >= 4 is 5.91 Å². The van der Waals surface area contributed by atoms with Gasteiger partial charge in [-0.1, -0.05) is 0 Å². The molecule has 0 aromatic heterocycles. The Hall–Kier alpha value is -0.650. The molecule has 1 saturated carbocycles. The minimum Gasteiger partial charge on any atom is -0.389 e. The number of carbonyl (C=O) groups excluding carboxylic acids is 1. The molecule has 5 nitrogen and oxygen atoms in total. The van der Waals surface area contributed by atoms with Gasteiger partial charge in [0.25, 0.3) is 0 Å². The lowest BCUT2D eigenvalue weighted by Crippen LogP contribution is -2.40. The summed E-state index contributed by atoms with van der Waals surface area (Å²) in [5.74, 6) is -0.139. The zero-order chi connectivity index (χ0) is 12.0. The molecule has 0 heterocycles. The maximum Gasteiger partial charge on any atom is 0.220 e. The molecule has 1 fully saturated rings. The molecule has 16 heavy (non-hydrogen) atoms. The number of carbonyl (C=O) groups is 1. The lowest BCUT2D eigenvalue weighted by atomic mass is 9.85. The summed E-state index contributed by atoms with van der Waals surface area (Å²) in [6, 6.07) is 0.391. The number of rotatable bonds is 6. The number of methoxy groups -OCH3 is 1. The second-order valence-electron chi connectivity index (χ2n) is 4.47. The molecule has 0 radical (unpaired) electrons. The van der Waals surface area contributed by atoms with Crippen LogP contribution in [0.4, 0.5) is 0 Å². The first-order valence-corrected chi connectivity index (χ1v) is 5.83. The van der Waals surface area contributed by atoms with Crippen molar-refractivity contribution in [2.24, 2.45) is 11.7 Å². The van der Waals surface area contributed by atoms with Crippen LogP contribution in [0.1, 0.15) is 25.7 Å². The number of aliphatic hydroxyl groups excluding tert-OH is 1. The monoisotopic (exact) mass is 230 g/mol. The second-order valence-corrected chi connectivity index (χ2v) is 4.47. The molecule has 1 aliphatic carbocycles. The first-order chi connectivity index (χ1) is 7.63. The Labute approximate surface area is 96.3 Å². The van der Waals surface area contributed by atoms with Crippen LogP contribution in [-0.2, 0) is 9.53 Å². The van der Waals surface area contributed by atoms with E-state index in [-0.39, 0.29) is 11.8 Å². The van der Waals surface area contributed by atoms with Crippen LogP contribution in [0.3, 0.4) is 0 Å². The van der Waals surface area contributed by atoms with Gasteiger partial charge in [-0.3, -0.25) is 4.79 Å². The van der Waals surface area contributed by atoms with Crippen LogP contribution >= 0.6 is 0 Å². The normalized spacial score (nSPS) is 27.6. The number of amides is 1. The van der Waals surface area contributed by atoms with Crippen molar-refractivity contribution in [2.45, 2.75) is 37.8 Å². The SMILES string of the molecule is COCC(O)CNC1CCC(C(N)=O)CC1. The number of nitrogens with two attached hydrogens (primary N) is 1. The van der Waals surface area contributed by atoms with Gasteiger partial charge in [0.05, 0.1) is 12.7 Å². The van der Waals surface area contributed by atoms with E-state index in [1.807, 2.05) is 0 Å². The van der Waals surface area contributed by atoms with Gasteiger partial charge in [0.15, 0.2) is 0 Å². The molecule has 1 unspecified atom stereocenters. The Bertz CT molecular complexity index is 215. The third kappa shape index (κ3) is 4.47. The van der Waals surface area contributed by atoms with E-state index in [0.29, 0.717) is 19.2 Å². The van der Waals surface area contributed by atoms with Gasteiger partial charge in [-0.15, -0.1) is 0 Å². The highest BCUT2D eigenvalue weighted by atomic mass is 16.5. The van der Waals surface area contributed by atoms with E-state index in [0.717, 1.165) is 25.7 Å². The molecule has 1 amide bonds. The fourth-order valence-electron chi connectivity index (χ4n) is 2.14. The van der Waals surface area contributed by atoms with Gasteiger partial charge < -0.3 is 20.9 Å². The number of ether oxygens (including phenoxy) is 1. The van der Waals surface area contributed by atoms with Crippen LogP contribution in [0.25, 0.3) is 0 Å². The number of hydrogen-bond donors (Lipinski definition) is 3. The topological polar surface area (TPSA) is 84.6 Å². The molecule has 1 rings (SSSR count). The highest BCUT2D eigenvalue weighted by molar-refractivity contribution is 5.76. The predicted octanol–water partition coefficient (Wildman–Crippen LogP) is -0.373. The zero-order valence-electron chi connectivity index (χ0n) is 9.82. The van der Waals surface area contributed by atoms with Crippen LogP contribution < -0.4 is 11.1 Å². The van der Waals surface area contributed by atoms with E-state index in [2.05, 4.69) is 5.32 Å². The molecular weight excluding hydrogens is 208 g/mol. The van der Waals surface area contributed by atoms with Crippen molar-refractivity contribution in [3.05, 3.63) is 0 Å². The quantitative estimate of drug-likeness (QED) is 0.581. The van der Waals surface area contributed by atoms with Crippen LogP contribution in [0.5, 0.6) is 0 Å². The standard InChI is InChI=1S/C11H22N2O3/c1-16-7-10(14)6-13-9-4-2-8(3-5-9)11(12)15/h8-10,13-14H,2-7H2,1H3,(H2,12,15). The molecule has 0 aromatic rings. The Morgan fingerprint density at radius 2 is 2.12 bits per heavy atom. The highest BCUT2D eigenvalue weighted by Gasteiger charge is 2.24. The molecule has 4 N–H and O–H groups in total. The lowest BCUT2D eigenvalue weighted by Gasteiger charge is -2.28. The van der Waals surface area contributed by atoms with Crippen molar-refractivity contribution in [1.29, 1.82) is 0 Å². The fourth-order valence-corrected chi connectivity index (χ4v) is 2.14. The molecule has 5 heteroatoms. The zero-order valence-corrected chi connectivity index (χ0v) is 9.82. The summed E-state index contributed by atoms with van der Waals surface area (Å²) in [7, 11) is 1.57. The summed E-state index contributed by atoms with van der Waals surface area (Å²) in [6.07, 6.45) is 3.15. The van der Waals surface area contributed by atoms with Gasteiger partial charge in [0.2, 0.25) is 5.91 Å². The Kier molecular flexibility index (Phi) is 5.73. The van der Waals surface area contributed by atoms with Crippen molar-refractivity contribution in [3.63, 3.8) is 0 Å². The third-order valence-corrected chi connectivity index (χ3v) is 3.13. The summed E-state index contributed by atoms with van der Waals surface area (Å²) >= 11 is 0. The predicted molar refractivity (Wildman–Crippen MR) is 60.8 cm³/mol. The van der Waals surface area contributed by atoms with Gasteiger partial charge >= 0.3 is 0 Å². The van der Waals surface area contributed by atoms with Crippen molar-refractivity contribution < 1.29 is 14.6 Å². The lowest BCUT2D eigenvalue weighted by molar-refractivity contribution is -0.122. The molecule has 1 atom stereocenters. The van der Waals surface area contributed by atoms with E-state index in [4.69, 9.17) is 10.5 Å². The molecule has 0 spiro atoms. The Morgan fingerprint density at radius 1 is 1.50 bits per heavy atom. The van der Waals surface area contributed by atoms with Crippen LogP contribution in [-0.4, -0.2) is 43.4 Å². The van der Waals surface area contributed by atoms with Crippen LogP contribution in [0.2, 0.25) is 0 Å². The maximum atomic E-state index is 11.0. The van der Waals surface area contributed by atoms with E-state index in [1.54, 1.807) is 7.11 Å². The summed E-state index contributed by atoms with van der Waals surface area (Å²) in [5.41, 5.74) is 5.26. The molecule has 0 bridgehead atoms. The average Bonchev–Trinajstić information content (AvgIpc) is 2.27. The molecule has 94 valence electrons. The summed E-state index contributed by atoms with van der Waals surface area (Å²) in [5, 5.41) is 12.7. The van der Waals surface area contributed by atoms with Crippen molar-refractivity contribution in [3.8, 4) is 0 Å². The average molecular weight is 230 g/mol. The van der Waals surface area contributed by atoms with Crippen LogP contribution in [0.15, 0.2) is 0 Å². The first kappa shape index (κ1) is 13.4. The number of nitrogens with one attached hydrogen (secondary N) is 1. The molecule has 0 aromatic carbocycles. The van der Waals surface area contributed by atoms with E-state index in [9.17, 15) is 9.90 Å². The molecule has 0 aliphatic heterocycles. The first-order valence-electron chi connectivity index (χ1n) is 5.83. The van der Waals surface area contributed by atoms with Crippen molar-refractivity contribution in [1.82, 2.24) is 5.32 Å². The molecule has 1 aliphatic rings. The van der Waals surface area contributed by atoms with Gasteiger partial charge in [-0.25, -0.2) is 0 Å². The van der Waals surface area contributed by atoms with E-state index >= 15 is 0 Å². The molecular formula is C11H22N2O3. The fraction of sp³-hybridized carbons (Fsp3) is 0.909. The van der Waals surface area contributed by atoms with Crippen molar-refractivity contribution in [2.75, 3.05) is 20.3 Å². The number of primary amides is 1. The summed E-state index contributed by atoms with van der Waals surface area (Å²) < 4.78 is 4.84.